The molecule has 4 aromatic rings. The third-order valence-corrected chi connectivity index (χ3v) is 8.50. The number of halogens is 1. The number of amides is 2. The minimum absolute atomic E-state index is 0.0251. The van der Waals surface area contributed by atoms with Crippen molar-refractivity contribution in [2.45, 2.75) is 25.8 Å². The van der Waals surface area contributed by atoms with Crippen molar-refractivity contribution in [2.24, 2.45) is 0 Å². The topological polar surface area (TPSA) is 56.8 Å². The van der Waals surface area contributed by atoms with Crippen molar-refractivity contribution in [1.29, 1.82) is 0 Å². The number of benzene rings is 3. The van der Waals surface area contributed by atoms with E-state index in [0.29, 0.717) is 48.9 Å². The van der Waals surface area contributed by atoms with Crippen molar-refractivity contribution >= 4 is 11.8 Å². The van der Waals surface area contributed by atoms with Crippen molar-refractivity contribution in [3.63, 3.8) is 0 Å². The minimum atomic E-state index is -0.345. The van der Waals surface area contributed by atoms with Crippen molar-refractivity contribution in [3.05, 3.63) is 114 Å². The van der Waals surface area contributed by atoms with Crippen LogP contribution in [-0.4, -0.2) is 76.8 Å². The predicted octanol–water partition coefficient (Wildman–Crippen LogP) is 5.93. The summed E-state index contributed by atoms with van der Waals surface area (Å²) in [5.74, 6) is -0.426. The second kappa shape index (κ2) is 12.2. The molecular formula is C35H35FN4O2. The Kier molecular flexibility index (Phi) is 8.11. The molecule has 2 fully saturated rings. The van der Waals surface area contributed by atoms with Crippen LogP contribution in [0.4, 0.5) is 4.39 Å². The van der Waals surface area contributed by atoms with Crippen molar-refractivity contribution < 1.29 is 14.0 Å². The summed E-state index contributed by atoms with van der Waals surface area (Å²) in [5, 5.41) is 0. The molecule has 0 radical (unpaired) electrons. The third kappa shape index (κ3) is 5.97. The van der Waals surface area contributed by atoms with Gasteiger partial charge >= 0.3 is 0 Å². The van der Waals surface area contributed by atoms with E-state index in [1.54, 1.807) is 19.1 Å². The molecule has 3 heterocycles. The summed E-state index contributed by atoms with van der Waals surface area (Å²) in [4.78, 5) is 37.8. The number of likely N-dealkylation sites (tertiary alicyclic amines) is 1. The first-order chi connectivity index (χ1) is 20.5. The molecule has 214 valence electrons. The molecule has 6 rings (SSSR count). The van der Waals surface area contributed by atoms with Gasteiger partial charge in [0.05, 0.1) is 11.4 Å². The summed E-state index contributed by atoms with van der Waals surface area (Å²) in [7, 11) is 0. The Balaban J connectivity index is 1.10. The fraction of sp³-hybridized carbons (Fsp3) is 0.286. The summed E-state index contributed by atoms with van der Waals surface area (Å²) in [6, 6.07) is 28.8. The van der Waals surface area contributed by atoms with Gasteiger partial charge in [0.25, 0.3) is 11.8 Å². The standard InChI is InChI=1S/C35H35FN4O2/c1-25-12-13-28(22-31(25)36)34(41)39-16-14-30(15-17-39)38-18-20-40(21-19-38)35(42)29-23-32(26-8-4-2-5-9-26)37-33(24-29)27-10-6-3-7-11-27/h2-13,22-24,30H,14-21H2,1H3. The van der Waals surface area contributed by atoms with E-state index in [1.807, 2.05) is 82.6 Å². The Labute approximate surface area is 246 Å². The highest BCUT2D eigenvalue weighted by molar-refractivity contribution is 5.96. The molecule has 0 unspecified atom stereocenters. The van der Waals surface area contributed by atoms with Crippen LogP contribution in [0.5, 0.6) is 0 Å². The summed E-state index contributed by atoms with van der Waals surface area (Å²) in [6.07, 6.45) is 1.75. The number of pyridine rings is 1. The zero-order valence-corrected chi connectivity index (χ0v) is 23.9. The van der Waals surface area contributed by atoms with Gasteiger partial charge in [0.2, 0.25) is 0 Å². The van der Waals surface area contributed by atoms with E-state index in [9.17, 15) is 14.0 Å². The number of piperazine rings is 1. The van der Waals surface area contributed by atoms with Gasteiger partial charge in [-0.1, -0.05) is 66.7 Å². The number of nitrogens with zero attached hydrogens (tertiary/aromatic N) is 4. The molecule has 2 aliphatic heterocycles. The van der Waals surface area contributed by atoms with Crippen LogP contribution in [0.25, 0.3) is 22.5 Å². The lowest BCUT2D eigenvalue weighted by Crippen LogP contribution is -2.54. The van der Waals surface area contributed by atoms with Gasteiger partial charge in [0.15, 0.2) is 0 Å². The maximum atomic E-state index is 14.0. The molecule has 2 amide bonds. The molecule has 2 aliphatic rings. The van der Waals surface area contributed by atoms with Crippen LogP contribution in [0.2, 0.25) is 0 Å². The average molecular weight is 563 g/mol. The van der Waals surface area contributed by atoms with E-state index >= 15 is 0 Å². The Morgan fingerprint density at radius 3 is 1.74 bits per heavy atom. The lowest BCUT2D eigenvalue weighted by molar-refractivity contribution is 0.0412. The van der Waals surface area contributed by atoms with E-state index in [2.05, 4.69) is 4.90 Å². The summed E-state index contributed by atoms with van der Waals surface area (Å²) < 4.78 is 14.0. The molecule has 0 aliphatic carbocycles. The van der Waals surface area contributed by atoms with Gasteiger partial charge in [-0.3, -0.25) is 14.5 Å². The maximum Gasteiger partial charge on any atom is 0.254 e. The van der Waals surface area contributed by atoms with E-state index in [1.165, 1.54) is 6.07 Å². The maximum absolute atomic E-state index is 14.0. The zero-order chi connectivity index (χ0) is 29.1. The fourth-order valence-electron chi connectivity index (χ4n) is 5.98. The van der Waals surface area contributed by atoms with E-state index in [4.69, 9.17) is 4.98 Å². The zero-order valence-electron chi connectivity index (χ0n) is 23.9. The quantitative estimate of drug-likeness (QED) is 0.303. The molecule has 6 nitrogen and oxygen atoms in total. The number of hydrogen-bond donors (Lipinski definition) is 0. The number of aryl methyl sites for hydroxylation is 1. The number of carbonyl (C=O) groups is 2. The Hall–Kier alpha value is -4.36. The number of piperidine rings is 1. The van der Waals surface area contributed by atoms with E-state index < -0.39 is 0 Å². The van der Waals surface area contributed by atoms with Crippen LogP contribution in [0.3, 0.4) is 0 Å². The second-order valence-corrected chi connectivity index (χ2v) is 11.2. The molecule has 0 saturated carbocycles. The van der Waals surface area contributed by atoms with Gasteiger partial charge in [-0.2, -0.15) is 0 Å². The van der Waals surface area contributed by atoms with E-state index in [0.717, 1.165) is 48.4 Å². The van der Waals surface area contributed by atoms with Crippen LogP contribution in [-0.2, 0) is 0 Å². The van der Waals surface area contributed by atoms with Gasteiger partial charge in [-0.05, 0) is 49.6 Å². The highest BCUT2D eigenvalue weighted by Crippen LogP contribution is 2.27. The molecule has 0 spiro atoms. The molecule has 42 heavy (non-hydrogen) atoms. The van der Waals surface area contributed by atoms with Gasteiger partial charge in [-0.25, -0.2) is 9.37 Å². The molecule has 2 saturated heterocycles. The van der Waals surface area contributed by atoms with Gasteiger partial charge in [-0.15, -0.1) is 0 Å². The van der Waals surface area contributed by atoms with Crippen LogP contribution >= 0.6 is 0 Å². The van der Waals surface area contributed by atoms with Crippen LogP contribution < -0.4 is 0 Å². The molecular weight excluding hydrogens is 527 g/mol. The van der Waals surface area contributed by atoms with Crippen LogP contribution in [0.1, 0.15) is 39.1 Å². The van der Waals surface area contributed by atoms with Crippen molar-refractivity contribution in [3.8, 4) is 22.5 Å². The average Bonchev–Trinajstić information content (AvgIpc) is 3.06. The highest BCUT2D eigenvalue weighted by atomic mass is 19.1. The Bertz CT molecular complexity index is 1500. The normalized spacial score (nSPS) is 16.4. The molecule has 0 atom stereocenters. The predicted molar refractivity (Wildman–Crippen MR) is 163 cm³/mol. The van der Waals surface area contributed by atoms with Gasteiger partial charge < -0.3 is 9.80 Å². The van der Waals surface area contributed by atoms with Crippen LogP contribution in [0, 0.1) is 12.7 Å². The minimum Gasteiger partial charge on any atom is -0.339 e. The lowest BCUT2D eigenvalue weighted by Gasteiger charge is -2.42. The van der Waals surface area contributed by atoms with Crippen molar-refractivity contribution in [1.82, 2.24) is 19.7 Å². The Morgan fingerprint density at radius 2 is 1.19 bits per heavy atom. The molecule has 0 bridgehead atoms. The summed E-state index contributed by atoms with van der Waals surface area (Å²) >= 11 is 0. The lowest BCUT2D eigenvalue weighted by atomic mass is 10.0. The first-order valence-corrected chi connectivity index (χ1v) is 14.7. The number of carbonyl (C=O) groups excluding carboxylic acids is 2. The summed E-state index contributed by atoms with van der Waals surface area (Å²) in [6.45, 7) is 5.92. The summed E-state index contributed by atoms with van der Waals surface area (Å²) in [5.41, 5.74) is 5.13. The van der Waals surface area contributed by atoms with E-state index in [-0.39, 0.29) is 17.6 Å². The largest absolute Gasteiger partial charge is 0.339 e. The monoisotopic (exact) mass is 562 g/mol. The van der Waals surface area contributed by atoms with Gasteiger partial charge in [0, 0.05) is 67.6 Å². The van der Waals surface area contributed by atoms with Crippen molar-refractivity contribution in [2.75, 3.05) is 39.3 Å². The first-order valence-electron chi connectivity index (χ1n) is 14.7. The number of hydrogen-bond acceptors (Lipinski definition) is 4. The molecule has 1 aromatic heterocycles. The smallest absolute Gasteiger partial charge is 0.254 e. The second-order valence-electron chi connectivity index (χ2n) is 11.2. The number of rotatable bonds is 5. The third-order valence-electron chi connectivity index (χ3n) is 8.50. The molecule has 0 N–H and O–H groups in total. The molecule has 7 heteroatoms. The Morgan fingerprint density at radius 1 is 0.667 bits per heavy atom. The SMILES string of the molecule is Cc1ccc(C(=O)N2CCC(N3CCN(C(=O)c4cc(-c5ccccc5)nc(-c5ccccc5)c4)CC3)CC2)cc1F. The van der Waals surface area contributed by atoms with Gasteiger partial charge in [0.1, 0.15) is 5.82 Å². The first kappa shape index (κ1) is 27.8. The number of aromatic nitrogens is 1. The van der Waals surface area contributed by atoms with Crippen LogP contribution in [0.15, 0.2) is 91.0 Å². The fourth-order valence-corrected chi connectivity index (χ4v) is 5.98. The highest BCUT2D eigenvalue weighted by Gasteiger charge is 2.31. The molecule has 3 aromatic carbocycles.